The fourth-order valence-corrected chi connectivity index (χ4v) is 2.58. The zero-order valence-electron chi connectivity index (χ0n) is 20.1. The minimum atomic E-state index is -1.29. The molecule has 0 bridgehead atoms. The number of primary amides is 1. The summed E-state index contributed by atoms with van der Waals surface area (Å²) < 4.78 is 10.3. The summed E-state index contributed by atoms with van der Waals surface area (Å²) in [6.07, 6.45) is -1.26. The molecular formula is C21H38N4O7. The Hall–Kier alpha value is -2.69. The minimum absolute atomic E-state index is 0.258. The Balaban J connectivity index is 5.47. The lowest BCUT2D eigenvalue weighted by molar-refractivity contribution is -0.156. The quantitative estimate of drug-likeness (QED) is 0.323. The molecule has 0 radical (unpaired) electrons. The van der Waals surface area contributed by atoms with Gasteiger partial charge in [0.1, 0.15) is 17.2 Å². The molecule has 0 aliphatic carbocycles. The highest BCUT2D eigenvalue weighted by molar-refractivity contribution is 5.96. The van der Waals surface area contributed by atoms with Crippen LogP contribution in [-0.4, -0.2) is 59.5 Å². The highest BCUT2D eigenvalue weighted by Crippen LogP contribution is 2.14. The molecule has 184 valence electrons. The van der Waals surface area contributed by atoms with Crippen molar-refractivity contribution in [1.82, 2.24) is 10.6 Å². The van der Waals surface area contributed by atoms with Gasteiger partial charge in [-0.25, -0.2) is 4.79 Å². The van der Waals surface area contributed by atoms with E-state index in [0.29, 0.717) is 6.42 Å². The first-order valence-electron chi connectivity index (χ1n) is 10.5. The van der Waals surface area contributed by atoms with E-state index in [1.165, 1.54) is 0 Å². The molecule has 0 aromatic heterocycles. The van der Waals surface area contributed by atoms with E-state index in [-0.39, 0.29) is 13.0 Å². The number of nitrogens with one attached hydrogen (secondary N) is 2. The molecule has 0 aromatic rings. The Morgan fingerprint density at radius 1 is 0.844 bits per heavy atom. The second-order valence-electron chi connectivity index (χ2n) is 9.46. The van der Waals surface area contributed by atoms with Gasteiger partial charge in [-0.1, -0.05) is 6.92 Å². The van der Waals surface area contributed by atoms with Crippen molar-refractivity contribution in [1.29, 1.82) is 0 Å². The molecular weight excluding hydrogens is 420 g/mol. The maximum atomic E-state index is 12.8. The Kier molecular flexibility index (Phi) is 11.3. The molecule has 0 fully saturated rings. The molecule has 11 heteroatoms. The van der Waals surface area contributed by atoms with E-state index in [1.54, 1.807) is 48.5 Å². The van der Waals surface area contributed by atoms with E-state index in [0.717, 1.165) is 0 Å². The summed E-state index contributed by atoms with van der Waals surface area (Å²) in [6, 6.07) is -2.50. The van der Waals surface area contributed by atoms with Crippen molar-refractivity contribution in [3.05, 3.63) is 0 Å². The van der Waals surface area contributed by atoms with Crippen molar-refractivity contribution in [2.24, 2.45) is 17.4 Å². The number of alkyl carbamates (subject to hydrolysis) is 1. The van der Waals surface area contributed by atoms with E-state index in [2.05, 4.69) is 10.6 Å². The molecule has 0 spiro atoms. The SMILES string of the molecule is CC[C@H](CC(=O)[C@H](CC(=O)OC(C)(C)C)NC(=O)[C@H](CN)NC(=O)OC(C)(C)C)C(N)=O. The van der Waals surface area contributed by atoms with Gasteiger partial charge in [-0.15, -0.1) is 0 Å². The lowest BCUT2D eigenvalue weighted by atomic mass is 9.94. The van der Waals surface area contributed by atoms with E-state index in [1.807, 2.05) is 0 Å². The van der Waals surface area contributed by atoms with Crippen LogP contribution in [0.2, 0.25) is 0 Å². The lowest BCUT2D eigenvalue weighted by Crippen LogP contribution is -2.55. The average Bonchev–Trinajstić information content (AvgIpc) is 2.59. The zero-order valence-corrected chi connectivity index (χ0v) is 20.1. The third kappa shape index (κ3) is 12.2. The Morgan fingerprint density at radius 3 is 1.78 bits per heavy atom. The number of amides is 3. The van der Waals surface area contributed by atoms with E-state index in [9.17, 15) is 24.0 Å². The topological polar surface area (TPSA) is 180 Å². The average molecular weight is 459 g/mol. The molecule has 0 saturated carbocycles. The highest BCUT2D eigenvalue weighted by Gasteiger charge is 2.32. The number of hydrogen-bond acceptors (Lipinski definition) is 8. The molecule has 0 aliphatic heterocycles. The third-order valence-electron chi connectivity index (χ3n) is 4.08. The van der Waals surface area contributed by atoms with Gasteiger partial charge in [0.15, 0.2) is 5.78 Å². The van der Waals surface area contributed by atoms with Crippen LogP contribution in [0.25, 0.3) is 0 Å². The summed E-state index contributed by atoms with van der Waals surface area (Å²) in [5, 5.41) is 4.76. The number of Topliss-reactive ketones (excluding diaryl/α,β-unsaturated/α-hetero) is 1. The molecule has 0 rings (SSSR count). The van der Waals surface area contributed by atoms with Crippen LogP contribution in [0.1, 0.15) is 67.7 Å². The van der Waals surface area contributed by atoms with E-state index >= 15 is 0 Å². The number of hydrogen-bond donors (Lipinski definition) is 4. The van der Waals surface area contributed by atoms with Crippen LogP contribution >= 0.6 is 0 Å². The van der Waals surface area contributed by atoms with Gasteiger partial charge >= 0.3 is 12.1 Å². The summed E-state index contributed by atoms with van der Waals surface area (Å²) >= 11 is 0. The van der Waals surface area contributed by atoms with Gasteiger partial charge in [0.05, 0.1) is 12.5 Å². The van der Waals surface area contributed by atoms with Crippen molar-refractivity contribution < 1.29 is 33.4 Å². The molecule has 11 nitrogen and oxygen atoms in total. The highest BCUT2D eigenvalue weighted by atomic mass is 16.6. The Bertz CT molecular complexity index is 695. The first-order valence-corrected chi connectivity index (χ1v) is 10.5. The fourth-order valence-electron chi connectivity index (χ4n) is 2.58. The van der Waals surface area contributed by atoms with Gasteiger partial charge in [0.25, 0.3) is 0 Å². The van der Waals surface area contributed by atoms with Crippen LogP contribution in [0, 0.1) is 5.92 Å². The van der Waals surface area contributed by atoms with Crippen molar-refractivity contribution in [2.45, 2.75) is 91.0 Å². The maximum absolute atomic E-state index is 12.8. The number of esters is 1. The van der Waals surface area contributed by atoms with Crippen molar-refractivity contribution in [3.8, 4) is 0 Å². The third-order valence-corrected chi connectivity index (χ3v) is 4.08. The molecule has 0 aromatic carbocycles. The lowest BCUT2D eigenvalue weighted by Gasteiger charge is -2.26. The number of ketones is 1. The van der Waals surface area contributed by atoms with Crippen molar-refractivity contribution in [2.75, 3.05) is 6.54 Å². The zero-order chi connectivity index (χ0) is 25.3. The van der Waals surface area contributed by atoms with Gasteiger partial charge in [-0.2, -0.15) is 0 Å². The van der Waals surface area contributed by atoms with Gasteiger partial charge < -0.3 is 31.6 Å². The molecule has 3 atom stereocenters. The van der Waals surface area contributed by atoms with Crippen LogP contribution < -0.4 is 22.1 Å². The monoisotopic (exact) mass is 458 g/mol. The van der Waals surface area contributed by atoms with Crippen molar-refractivity contribution >= 4 is 29.7 Å². The second-order valence-corrected chi connectivity index (χ2v) is 9.46. The van der Waals surface area contributed by atoms with Gasteiger partial charge in [-0.05, 0) is 48.0 Å². The molecule has 3 amide bonds. The Labute approximate surface area is 189 Å². The van der Waals surface area contributed by atoms with Gasteiger partial charge in [0.2, 0.25) is 11.8 Å². The summed E-state index contributed by atoms with van der Waals surface area (Å²) in [5.41, 5.74) is 9.31. The van der Waals surface area contributed by atoms with Crippen LogP contribution in [0.5, 0.6) is 0 Å². The molecule has 0 unspecified atom stereocenters. The van der Waals surface area contributed by atoms with Crippen LogP contribution in [0.15, 0.2) is 0 Å². The standard InChI is InChI=1S/C21H38N4O7/c1-8-12(17(23)28)9-15(26)13(10-16(27)31-20(2,3)4)24-18(29)14(11-22)25-19(30)32-21(5,6)7/h12-14H,8-11,22H2,1-7H3,(H2,23,28)(H,24,29)(H,25,30)/t12-,13+,14+/m1/s1. The normalized spacial score (nSPS) is 14.5. The fraction of sp³-hybridized carbons (Fsp3) is 0.762. The predicted octanol–water partition coefficient (Wildman–Crippen LogP) is 0.526. The van der Waals surface area contributed by atoms with Crippen LogP contribution in [-0.2, 0) is 28.7 Å². The molecule has 32 heavy (non-hydrogen) atoms. The number of carbonyl (C=O) groups is 5. The maximum Gasteiger partial charge on any atom is 0.408 e. The van der Waals surface area contributed by atoms with E-state index < -0.39 is 65.3 Å². The number of carbonyl (C=O) groups excluding carboxylic acids is 5. The molecule has 0 heterocycles. The Morgan fingerprint density at radius 2 is 1.38 bits per heavy atom. The summed E-state index contributed by atoms with van der Waals surface area (Å²) in [4.78, 5) is 61.3. The first kappa shape index (κ1) is 29.3. The molecule has 0 aliphatic rings. The van der Waals surface area contributed by atoms with Gasteiger partial charge in [0, 0.05) is 18.9 Å². The van der Waals surface area contributed by atoms with Crippen LogP contribution in [0.3, 0.4) is 0 Å². The predicted molar refractivity (Wildman–Crippen MR) is 117 cm³/mol. The van der Waals surface area contributed by atoms with Gasteiger partial charge in [-0.3, -0.25) is 19.2 Å². The number of nitrogens with two attached hydrogens (primary N) is 2. The number of rotatable bonds is 11. The second kappa shape index (κ2) is 12.4. The van der Waals surface area contributed by atoms with Crippen LogP contribution in [0.4, 0.5) is 4.79 Å². The first-order chi connectivity index (χ1) is 14.5. The number of ether oxygens (including phenoxy) is 2. The summed E-state index contributed by atoms with van der Waals surface area (Å²) in [7, 11) is 0. The largest absolute Gasteiger partial charge is 0.460 e. The molecule has 0 saturated heterocycles. The van der Waals surface area contributed by atoms with E-state index in [4.69, 9.17) is 20.9 Å². The minimum Gasteiger partial charge on any atom is -0.460 e. The van der Waals surface area contributed by atoms with Crippen molar-refractivity contribution in [3.63, 3.8) is 0 Å². The smallest absolute Gasteiger partial charge is 0.408 e. The summed E-state index contributed by atoms with van der Waals surface area (Å²) in [5.74, 6) is -3.47. The molecule has 6 N–H and O–H groups in total. The summed E-state index contributed by atoms with van der Waals surface area (Å²) in [6.45, 7) is 11.4.